The van der Waals surface area contributed by atoms with E-state index in [0.29, 0.717) is 12.5 Å². The van der Waals surface area contributed by atoms with Gasteiger partial charge >= 0.3 is 0 Å². The van der Waals surface area contributed by atoms with Crippen LogP contribution in [0.1, 0.15) is 46.0 Å². The number of amides is 1. The summed E-state index contributed by atoms with van der Waals surface area (Å²) in [5.74, 6) is 1.59. The lowest BCUT2D eigenvalue weighted by Crippen LogP contribution is -2.49. The van der Waals surface area contributed by atoms with Crippen LogP contribution < -0.4 is 10.6 Å². The Balaban J connectivity index is 2.04. The van der Waals surface area contributed by atoms with Crippen molar-refractivity contribution in [1.82, 2.24) is 10.6 Å². The van der Waals surface area contributed by atoms with Gasteiger partial charge in [0.15, 0.2) is 5.96 Å². The van der Waals surface area contributed by atoms with E-state index in [1.54, 1.807) is 0 Å². The Morgan fingerprint density at radius 2 is 2.06 bits per heavy atom. The van der Waals surface area contributed by atoms with Gasteiger partial charge in [0.1, 0.15) is 5.54 Å². The van der Waals surface area contributed by atoms with E-state index in [1.165, 1.54) is 6.42 Å². The molecule has 4 heteroatoms. The highest BCUT2D eigenvalue weighted by molar-refractivity contribution is 6.09. The van der Waals surface area contributed by atoms with Crippen molar-refractivity contribution in [3.8, 4) is 0 Å². The van der Waals surface area contributed by atoms with Crippen LogP contribution in [0.3, 0.4) is 0 Å². The molecule has 0 atom stereocenters. The molecule has 1 amide bonds. The first kappa shape index (κ1) is 11.4. The van der Waals surface area contributed by atoms with Crippen molar-refractivity contribution >= 4 is 11.9 Å². The van der Waals surface area contributed by atoms with E-state index in [4.69, 9.17) is 0 Å². The number of carbonyl (C=O) groups is 1. The standard InChI is InChI=1S/C12H21N3O/c1-3-9-5-7-12(8-6-9)10(16)14-11(15-12)13-4-2/h9H,3-8H2,1-2H3,(H2,13,14,15,16). The molecule has 1 saturated carbocycles. The maximum atomic E-state index is 12.0. The maximum Gasteiger partial charge on any atom is 0.252 e. The molecule has 0 radical (unpaired) electrons. The molecule has 1 heterocycles. The van der Waals surface area contributed by atoms with Gasteiger partial charge in [0.25, 0.3) is 5.91 Å². The predicted octanol–water partition coefficient (Wildman–Crippen LogP) is 1.42. The summed E-state index contributed by atoms with van der Waals surface area (Å²) in [6, 6.07) is 0. The van der Waals surface area contributed by atoms with Gasteiger partial charge in [-0.2, -0.15) is 0 Å². The van der Waals surface area contributed by atoms with Gasteiger partial charge in [-0.05, 0) is 38.5 Å². The average Bonchev–Trinajstić information content (AvgIpc) is 2.57. The van der Waals surface area contributed by atoms with Crippen molar-refractivity contribution in [3.63, 3.8) is 0 Å². The van der Waals surface area contributed by atoms with Crippen LogP contribution in [0.4, 0.5) is 0 Å². The van der Waals surface area contributed by atoms with E-state index < -0.39 is 0 Å². The summed E-state index contributed by atoms with van der Waals surface area (Å²) in [5, 5.41) is 6.14. The van der Waals surface area contributed by atoms with Crippen molar-refractivity contribution in [2.24, 2.45) is 10.9 Å². The topological polar surface area (TPSA) is 53.5 Å². The SMILES string of the molecule is CCN=C1NC(=O)C2(CCC(CC)CC2)N1. The van der Waals surface area contributed by atoms with Crippen molar-refractivity contribution in [2.45, 2.75) is 51.5 Å². The third-order valence-corrected chi connectivity index (χ3v) is 3.88. The fourth-order valence-electron chi connectivity index (χ4n) is 2.71. The third kappa shape index (κ3) is 1.93. The highest BCUT2D eigenvalue weighted by Gasteiger charge is 2.46. The minimum absolute atomic E-state index is 0.120. The lowest BCUT2D eigenvalue weighted by atomic mass is 9.76. The van der Waals surface area contributed by atoms with E-state index in [1.807, 2.05) is 6.92 Å². The molecule has 2 aliphatic rings. The number of guanidine groups is 1. The second kappa shape index (κ2) is 4.44. The molecule has 4 nitrogen and oxygen atoms in total. The van der Waals surface area contributed by atoms with E-state index in [2.05, 4.69) is 22.5 Å². The summed E-state index contributed by atoms with van der Waals surface area (Å²) in [7, 11) is 0. The Morgan fingerprint density at radius 1 is 1.38 bits per heavy atom. The van der Waals surface area contributed by atoms with Crippen LogP contribution in [0.5, 0.6) is 0 Å². The van der Waals surface area contributed by atoms with Gasteiger partial charge < -0.3 is 5.32 Å². The van der Waals surface area contributed by atoms with Gasteiger partial charge in [-0.15, -0.1) is 0 Å². The second-order valence-electron chi connectivity index (χ2n) is 4.84. The Kier molecular flexibility index (Phi) is 3.17. The van der Waals surface area contributed by atoms with E-state index in [0.717, 1.165) is 31.6 Å². The average molecular weight is 223 g/mol. The van der Waals surface area contributed by atoms with Gasteiger partial charge in [0, 0.05) is 6.54 Å². The fraction of sp³-hybridized carbons (Fsp3) is 0.833. The van der Waals surface area contributed by atoms with E-state index >= 15 is 0 Å². The fourth-order valence-corrected chi connectivity index (χ4v) is 2.71. The smallest absolute Gasteiger partial charge is 0.252 e. The van der Waals surface area contributed by atoms with Gasteiger partial charge in [-0.25, -0.2) is 0 Å². The molecule has 0 aromatic carbocycles. The Morgan fingerprint density at radius 3 is 2.62 bits per heavy atom. The summed E-state index contributed by atoms with van der Waals surface area (Å²) < 4.78 is 0. The van der Waals surface area contributed by atoms with Crippen molar-refractivity contribution in [1.29, 1.82) is 0 Å². The Bertz CT molecular complexity index is 303. The van der Waals surface area contributed by atoms with Crippen LogP contribution in [0.15, 0.2) is 4.99 Å². The molecule has 2 rings (SSSR count). The molecule has 1 saturated heterocycles. The molecular weight excluding hydrogens is 202 g/mol. The first-order chi connectivity index (χ1) is 7.70. The zero-order valence-electron chi connectivity index (χ0n) is 10.2. The number of carbonyl (C=O) groups excluding carboxylic acids is 1. The monoisotopic (exact) mass is 223 g/mol. The van der Waals surface area contributed by atoms with Gasteiger partial charge in [-0.1, -0.05) is 13.3 Å². The normalized spacial score (nSPS) is 36.5. The molecule has 1 aliphatic carbocycles. The molecule has 1 aliphatic heterocycles. The highest BCUT2D eigenvalue weighted by Crippen LogP contribution is 2.35. The number of hydrogen-bond donors (Lipinski definition) is 2. The van der Waals surface area contributed by atoms with Crippen LogP contribution in [0.2, 0.25) is 0 Å². The summed E-state index contributed by atoms with van der Waals surface area (Å²) in [4.78, 5) is 16.2. The lowest BCUT2D eigenvalue weighted by Gasteiger charge is -2.34. The summed E-state index contributed by atoms with van der Waals surface area (Å²) in [5.41, 5.74) is -0.348. The first-order valence-electron chi connectivity index (χ1n) is 6.34. The summed E-state index contributed by atoms with van der Waals surface area (Å²) in [6.45, 7) is 4.91. The zero-order chi connectivity index (χ0) is 11.6. The number of aliphatic imine (C=N–C) groups is 1. The van der Waals surface area contributed by atoms with Crippen LogP contribution in [-0.2, 0) is 4.79 Å². The summed E-state index contributed by atoms with van der Waals surface area (Å²) >= 11 is 0. The molecular formula is C12H21N3O. The van der Waals surface area contributed by atoms with Crippen molar-refractivity contribution in [2.75, 3.05) is 6.54 Å². The number of nitrogens with one attached hydrogen (secondary N) is 2. The Hall–Kier alpha value is -1.06. The molecule has 0 unspecified atom stereocenters. The van der Waals surface area contributed by atoms with Crippen LogP contribution in [0.25, 0.3) is 0 Å². The molecule has 1 spiro atoms. The largest absolute Gasteiger partial charge is 0.342 e. The summed E-state index contributed by atoms with van der Waals surface area (Å²) in [6.07, 6.45) is 5.42. The van der Waals surface area contributed by atoms with Gasteiger partial charge in [-0.3, -0.25) is 15.1 Å². The third-order valence-electron chi connectivity index (χ3n) is 3.88. The van der Waals surface area contributed by atoms with Crippen LogP contribution in [-0.4, -0.2) is 24.0 Å². The first-order valence-corrected chi connectivity index (χ1v) is 6.34. The Labute approximate surface area is 96.9 Å². The number of nitrogens with zero attached hydrogens (tertiary/aromatic N) is 1. The molecule has 2 N–H and O–H groups in total. The minimum atomic E-state index is -0.348. The van der Waals surface area contributed by atoms with Crippen molar-refractivity contribution in [3.05, 3.63) is 0 Å². The molecule has 16 heavy (non-hydrogen) atoms. The lowest BCUT2D eigenvalue weighted by molar-refractivity contribution is -0.125. The van der Waals surface area contributed by atoms with E-state index in [-0.39, 0.29) is 11.4 Å². The van der Waals surface area contributed by atoms with Gasteiger partial charge in [0.05, 0.1) is 0 Å². The number of rotatable bonds is 2. The minimum Gasteiger partial charge on any atom is -0.342 e. The van der Waals surface area contributed by atoms with Crippen LogP contribution >= 0.6 is 0 Å². The second-order valence-corrected chi connectivity index (χ2v) is 4.84. The maximum absolute atomic E-state index is 12.0. The highest BCUT2D eigenvalue weighted by atomic mass is 16.2. The predicted molar refractivity (Wildman–Crippen MR) is 64.2 cm³/mol. The molecule has 90 valence electrons. The number of hydrogen-bond acceptors (Lipinski definition) is 2. The van der Waals surface area contributed by atoms with Crippen molar-refractivity contribution < 1.29 is 4.79 Å². The van der Waals surface area contributed by atoms with Gasteiger partial charge in [0.2, 0.25) is 0 Å². The van der Waals surface area contributed by atoms with E-state index in [9.17, 15) is 4.79 Å². The molecule has 0 aromatic rings. The van der Waals surface area contributed by atoms with Crippen LogP contribution in [0, 0.1) is 5.92 Å². The quantitative estimate of drug-likeness (QED) is 0.744. The molecule has 2 fully saturated rings. The molecule has 0 bridgehead atoms. The molecule has 0 aromatic heterocycles. The zero-order valence-corrected chi connectivity index (χ0v) is 10.2.